The van der Waals surface area contributed by atoms with Gasteiger partial charge in [0.25, 0.3) is 0 Å². The number of nitrogens with one attached hydrogen (secondary N) is 2. The predicted octanol–water partition coefficient (Wildman–Crippen LogP) is 4.27. The summed E-state index contributed by atoms with van der Waals surface area (Å²) in [4.78, 5) is 41.0. The van der Waals surface area contributed by atoms with Crippen molar-refractivity contribution in [3.05, 3.63) is 65.2 Å². The number of anilines is 1. The van der Waals surface area contributed by atoms with E-state index in [1.165, 1.54) is 6.07 Å². The van der Waals surface area contributed by atoms with E-state index in [-0.39, 0.29) is 18.4 Å². The summed E-state index contributed by atoms with van der Waals surface area (Å²) < 4.78 is 32.5. The number of halogens is 2. The summed E-state index contributed by atoms with van der Waals surface area (Å²) in [5.74, 6) is -2.96. The normalized spacial score (nSPS) is 16.7. The Balaban J connectivity index is 1.84. The number of benzene rings is 2. The molecule has 0 fully saturated rings. The van der Waals surface area contributed by atoms with Gasteiger partial charge < -0.3 is 20.3 Å². The van der Waals surface area contributed by atoms with Crippen molar-refractivity contribution in [2.24, 2.45) is 0 Å². The van der Waals surface area contributed by atoms with Gasteiger partial charge in [0.1, 0.15) is 17.7 Å². The number of alkyl carbamates (subject to hydrolysis) is 1. The van der Waals surface area contributed by atoms with Gasteiger partial charge in [-0.05, 0) is 76.8 Å². The molecule has 1 heterocycles. The van der Waals surface area contributed by atoms with Crippen LogP contribution < -0.4 is 15.5 Å². The first kappa shape index (κ1) is 27.1. The van der Waals surface area contributed by atoms with Gasteiger partial charge >= 0.3 is 6.09 Å². The molecule has 1 aliphatic rings. The van der Waals surface area contributed by atoms with Gasteiger partial charge in [-0.15, -0.1) is 0 Å². The van der Waals surface area contributed by atoms with Crippen LogP contribution in [0, 0.1) is 11.6 Å². The van der Waals surface area contributed by atoms with Gasteiger partial charge in [-0.1, -0.05) is 24.3 Å². The average Bonchev–Trinajstić information content (AvgIpc) is 2.91. The largest absolute Gasteiger partial charge is 0.444 e. The van der Waals surface area contributed by atoms with Crippen LogP contribution in [0.4, 0.5) is 19.3 Å². The van der Waals surface area contributed by atoms with E-state index in [9.17, 15) is 23.2 Å². The zero-order chi connectivity index (χ0) is 26.6. The molecule has 36 heavy (non-hydrogen) atoms. The molecular weight excluding hydrogens is 468 g/mol. The second-order valence-corrected chi connectivity index (χ2v) is 10.2. The molecule has 0 spiro atoms. The van der Waals surface area contributed by atoms with Crippen LogP contribution >= 0.6 is 0 Å². The Bertz CT molecular complexity index is 1130. The molecule has 0 aromatic heterocycles. The molecule has 3 amide bonds. The fourth-order valence-corrected chi connectivity index (χ4v) is 4.17. The Hall–Kier alpha value is -3.49. The van der Waals surface area contributed by atoms with Crippen molar-refractivity contribution in [3.8, 4) is 0 Å². The number of hydrogen-bond donors (Lipinski definition) is 2. The van der Waals surface area contributed by atoms with E-state index in [0.29, 0.717) is 18.4 Å². The first-order valence-electron chi connectivity index (χ1n) is 12.0. The van der Waals surface area contributed by atoms with Gasteiger partial charge in [-0.2, -0.15) is 0 Å². The summed E-state index contributed by atoms with van der Waals surface area (Å²) in [6.45, 7) is 8.84. The predicted molar refractivity (Wildman–Crippen MR) is 133 cm³/mol. The molecule has 3 rings (SSSR count). The minimum atomic E-state index is -1.18. The fourth-order valence-electron chi connectivity index (χ4n) is 4.17. The van der Waals surface area contributed by atoms with Crippen molar-refractivity contribution in [2.45, 2.75) is 77.6 Å². The van der Waals surface area contributed by atoms with E-state index in [0.717, 1.165) is 23.4 Å². The summed E-state index contributed by atoms with van der Waals surface area (Å²) in [7, 11) is 0. The third kappa shape index (κ3) is 6.80. The van der Waals surface area contributed by atoms with Crippen LogP contribution in [0.2, 0.25) is 0 Å². The smallest absolute Gasteiger partial charge is 0.408 e. The number of ether oxygens (including phenoxy) is 1. The Morgan fingerprint density at radius 1 is 1.11 bits per heavy atom. The van der Waals surface area contributed by atoms with Crippen LogP contribution in [0.5, 0.6) is 0 Å². The number of nitrogens with zero attached hydrogens (tertiary/aromatic N) is 1. The van der Waals surface area contributed by atoms with Crippen LogP contribution in [0.1, 0.15) is 52.2 Å². The monoisotopic (exact) mass is 501 g/mol. The zero-order valence-corrected chi connectivity index (χ0v) is 21.2. The van der Waals surface area contributed by atoms with Gasteiger partial charge in [-0.25, -0.2) is 13.6 Å². The summed E-state index contributed by atoms with van der Waals surface area (Å²) >= 11 is 0. The third-order valence-corrected chi connectivity index (χ3v) is 5.75. The van der Waals surface area contributed by atoms with Gasteiger partial charge in [0, 0.05) is 18.2 Å². The summed E-state index contributed by atoms with van der Waals surface area (Å²) in [5, 5.41) is 5.29. The number of carbonyl (C=O) groups excluding carboxylic acids is 3. The second-order valence-electron chi connectivity index (χ2n) is 10.2. The van der Waals surface area contributed by atoms with E-state index in [4.69, 9.17) is 4.74 Å². The molecule has 9 heteroatoms. The molecule has 0 aliphatic carbocycles. The molecule has 1 aliphatic heterocycles. The summed E-state index contributed by atoms with van der Waals surface area (Å²) in [5.41, 5.74) is 1.29. The number of carbonyl (C=O) groups is 3. The highest BCUT2D eigenvalue weighted by molar-refractivity contribution is 6.01. The number of aryl methyl sites for hydroxylation is 1. The standard InChI is InChI=1S/C27H33F2N3O4/c1-16(2)32-23-9-7-6-8-18(23)11-13-21(25(32)34)30-24(33)22(31-26(35)36-27(3,4)5)15-17-10-12-19(28)20(29)14-17/h6-10,12,14,16,21-22H,11,13,15H2,1-5H3,(H,30,33)(H,31,35)/t21-,22-/m1/s1. The first-order valence-corrected chi connectivity index (χ1v) is 12.0. The van der Waals surface area contributed by atoms with Crippen molar-refractivity contribution in [1.29, 1.82) is 0 Å². The second kappa shape index (κ2) is 11.1. The van der Waals surface area contributed by atoms with Crippen molar-refractivity contribution in [3.63, 3.8) is 0 Å². The minimum absolute atomic E-state index is 0.128. The van der Waals surface area contributed by atoms with E-state index >= 15 is 0 Å². The average molecular weight is 502 g/mol. The van der Waals surface area contributed by atoms with Crippen molar-refractivity contribution < 1.29 is 27.9 Å². The molecule has 2 N–H and O–H groups in total. The molecular formula is C27H33F2N3O4. The molecule has 2 atom stereocenters. The van der Waals surface area contributed by atoms with Crippen LogP contribution in [0.3, 0.4) is 0 Å². The molecule has 0 radical (unpaired) electrons. The number of rotatable bonds is 6. The minimum Gasteiger partial charge on any atom is -0.444 e. The van der Waals surface area contributed by atoms with Gasteiger partial charge in [0.15, 0.2) is 11.6 Å². The Morgan fingerprint density at radius 2 is 1.81 bits per heavy atom. The lowest BCUT2D eigenvalue weighted by atomic mass is 10.0. The third-order valence-electron chi connectivity index (χ3n) is 5.75. The van der Waals surface area contributed by atoms with Gasteiger partial charge in [-0.3, -0.25) is 9.59 Å². The van der Waals surface area contributed by atoms with Crippen molar-refractivity contribution >= 4 is 23.6 Å². The molecule has 2 aromatic rings. The zero-order valence-electron chi connectivity index (χ0n) is 21.2. The number of fused-ring (bicyclic) bond motifs is 1. The van der Waals surface area contributed by atoms with Crippen LogP contribution in [0.15, 0.2) is 42.5 Å². The van der Waals surface area contributed by atoms with E-state index in [1.54, 1.807) is 25.7 Å². The van der Waals surface area contributed by atoms with Crippen LogP contribution in [0.25, 0.3) is 0 Å². The van der Waals surface area contributed by atoms with E-state index in [2.05, 4.69) is 10.6 Å². The highest BCUT2D eigenvalue weighted by Crippen LogP contribution is 2.28. The lowest BCUT2D eigenvalue weighted by Gasteiger charge is -2.30. The SMILES string of the molecule is CC(C)N1C(=O)[C@H](NC(=O)[C@@H](Cc2ccc(F)c(F)c2)NC(=O)OC(C)(C)C)CCc2ccccc21. The lowest BCUT2D eigenvalue weighted by Crippen LogP contribution is -2.56. The molecule has 2 aromatic carbocycles. The van der Waals surface area contributed by atoms with Crippen molar-refractivity contribution in [2.75, 3.05) is 4.90 Å². The molecule has 0 bridgehead atoms. The first-order chi connectivity index (χ1) is 16.9. The number of para-hydroxylation sites is 1. The molecule has 7 nitrogen and oxygen atoms in total. The van der Waals surface area contributed by atoms with Gasteiger partial charge in [0.2, 0.25) is 11.8 Å². The molecule has 0 unspecified atom stereocenters. The van der Waals surface area contributed by atoms with Crippen LogP contribution in [-0.4, -0.2) is 41.6 Å². The maximum Gasteiger partial charge on any atom is 0.408 e. The van der Waals surface area contributed by atoms with E-state index in [1.807, 2.05) is 38.1 Å². The quantitative estimate of drug-likeness (QED) is 0.619. The molecule has 0 saturated carbocycles. The highest BCUT2D eigenvalue weighted by atomic mass is 19.2. The Morgan fingerprint density at radius 3 is 2.44 bits per heavy atom. The highest BCUT2D eigenvalue weighted by Gasteiger charge is 2.35. The number of hydrogen-bond acceptors (Lipinski definition) is 4. The topological polar surface area (TPSA) is 87.7 Å². The van der Waals surface area contributed by atoms with Gasteiger partial charge in [0.05, 0.1) is 0 Å². The maximum atomic E-state index is 13.8. The Kier molecular flexibility index (Phi) is 8.32. The maximum absolute atomic E-state index is 13.8. The summed E-state index contributed by atoms with van der Waals surface area (Å²) in [6.07, 6.45) is -0.0239. The molecule has 194 valence electrons. The number of amides is 3. The Labute approximate surface area is 210 Å². The van der Waals surface area contributed by atoms with Crippen LogP contribution in [-0.2, 0) is 27.2 Å². The molecule has 0 saturated heterocycles. The van der Waals surface area contributed by atoms with Crippen molar-refractivity contribution in [1.82, 2.24) is 10.6 Å². The fraction of sp³-hybridized carbons (Fsp3) is 0.444. The van der Waals surface area contributed by atoms with E-state index < -0.39 is 41.3 Å². The lowest BCUT2D eigenvalue weighted by molar-refractivity contribution is -0.129. The summed E-state index contributed by atoms with van der Waals surface area (Å²) in [6, 6.07) is 8.71.